The van der Waals surface area contributed by atoms with Crippen LogP contribution in [0.2, 0.25) is 0 Å². The van der Waals surface area contributed by atoms with E-state index >= 15 is 0 Å². The zero-order valence-electron chi connectivity index (χ0n) is 17.3. The molecular formula is C20H26F3N3O3S. The summed E-state index contributed by atoms with van der Waals surface area (Å²) in [6.07, 6.45) is -4.99. The molecular weight excluding hydrogens is 419 g/mol. The van der Waals surface area contributed by atoms with Crippen LogP contribution in [0.3, 0.4) is 0 Å². The predicted molar refractivity (Wildman–Crippen MR) is 109 cm³/mol. The Bertz CT molecular complexity index is 812. The van der Waals surface area contributed by atoms with Crippen LogP contribution in [0, 0.1) is 0 Å². The maximum Gasteiger partial charge on any atom is 0.443 e. The minimum absolute atomic E-state index is 0.0424. The van der Waals surface area contributed by atoms with Gasteiger partial charge in [0.1, 0.15) is 11.9 Å². The van der Waals surface area contributed by atoms with Crippen LogP contribution in [0.5, 0.6) is 5.75 Å². The van der Waals surface area contributed by atoms with Crippen molar-refractivity contribution >= 4 is 17.2 Å². The smallest absolute Gasteiger partial charge is 0.443 e. The lowest BCUT2D eigenvalue weighted by atomic mass is 10.0. The normalized spacial score (nSPS) is 13.9. The summed E-state index contributed by atoms with van der Waals surface area (Å²) in [6.45, 7) is 3.10. The summed E-state index contributed by atoms with van der Waals surface area (Å²) in [4.78, 5) is 16.9. The average molecular weight is 446 g/mol. The van der Waals surface area contributed by atoms with Crippen molar-refractivity contribution in [1.29, 1.82) is 0 Å². The average Bonchev–Trinajstić information content (AvgIpc) is 3.21. The third-order valence-corrected chi connectivity index (χ3v) is 5.45. The highest BCUT2D eigenvalue weighted by Crippen LogP contribution is 2.33. The van der Waals surface area contributed by atoms with Crippen molar-refractivity contribution in [3.63, 3.8) is 0 Å². The quantitative estimate of drug-likeness (QED) is 0.604. The number of methoxy groups -OCH3 is 1. The number of amides is 1. The first kappa shape index (κ1) is 24.1. The molecule has 2 atom stereocenters. The molecule has 2 aromatic rings. The number of carbonyl (C=O) groups excluding carboxylic acids is 1. The number of nitrogens with zero attached hydrogens (tertiary/aromatic N) is 2. The standard InChI is InChI=1S/C20H26F3N3O3S/c1-13(14-5-7-15(8-6-14)29-11-18(27)24-2)9-26(3)10-17(28-4)16-12-30-19(25-16)20(21,22)23/h5-8,12-13,17H,9-11H2,1-4H3,(H,24,27). The van der Waals surface area contributed by atoms with Crippen molar-refractivity contribution in [1.82, 2.24) is 15.2 Å². The lowest BCUT2D eigenvalue weighted by Crippen LogP contribution is -2.29. The van der Waals surface area contributed by atoms with Gasteiger partial charge in [0.25, 0.3) is 5.91 Å². The van der Waals surface area contributed by atoms with Crippen molar-refractivity contribution < 1.29 is 27.4 Å². The molecule has 1 aromatic heterocycles. The minimum Gasteiger partial charge on any atom is -0.484 e. The molecule has 2 unspecified atom stereocenters. The van der Waals surface area contributed by atoms with Gasteiger partial charge in [0.15, 0.2) is 11.6 Å². The summed E-state index contributed by atoms with van der Waals surface area (Å²) < 4.78 is 49.1. The van der Waals surface area contributed by atoms with Gasteiger partial charge >= 0.3 is 6.18 Å². The first-order valence-electron chi connectivity index (χ1n) is 9.31. The number of halogens is 3. The Morgan fingerprint density at radius 2 is 1.93 bits per heavy atom. The Morgan fingerprint density at radius 3 is 2.47 bits per heavy atom. The van der Waals surface area contributed by atoms with Gasteiger partial charge in [0, 0.05) is 32.6 Å². The van der Waals surface area contributed by atoms with Crippen molar-refractivity contribution in [3.05, 3.63) is 45.9 Å². The second-order valence-corrected chi connectivity index (χ2v) is 7.81. The van der Waals surface area contributed by atoms with E-state index in [1.54, 1.807) is 19.2 Å². The van der Waals surface area contributed by atoms with E-state index in [0.29, 0.717) is 30.2 Å². The number of likely N-dealkylation sites (N-methyl/N-ethyl adjacent to an activating group) is 2. The van der Waals surface area contributed by atoms with Gasteiger partial charge in [0.05, 0.1) is 5.69 Å². The minimum atomic E-state index is -4.45. The molecule has 2 rings (SSSR count). The van der Waals surface area contributed by atoms with E-state index in [9.17, 15) is 18.0 Å². The number of nitrogens with one attached hydrogen (secondary N) is 1. The Morgan fingerprint density at radius 1 is 1.27 bits per heavy atom. The molecule has 0 saturated heterocycles. The van der Waals surface area contributed by atoms with E-state index in [-0.39, 0.29) is 24.1 Å². The van der Waals surface area contributed by atoms with Gasteiger partial charge < -0.3 is 19.7 Å². The van der Waals surface area contributed by atoms with E-state index in [0.717, 1.165) is 5.56 Å². The summed E-state index contributed by atoms with van der Waals surface area (Å²) in [7, 11) is 4.90. The molecule has 0 bridgehead atoms. The van der Waals surface area contributed by atoms with Crippen LogP contribution in [0.1, 0.15) is 35.2 Å². The number of alkyl halides is 3. The monoisotopic (exact) mass is 445 g/mol. The molecule has 0 aliphatic carbocycles. The molecule has 166 valence electrons. The molecule has 0 fully saturated rings. The number of ether oxygens (including phenoxy) is 2. The van der Waals surface area contributed by atoms with Crippen molar-refractivity contribution in [2.24, 2.45) is 0 Å². The highest BCUT2D eigenvalue weighted by atomic mass is 32.1. The summed E-state index contributed by atoms with van der Waals surface area (Å²) in [5, 5.41) is 3.02. The SMILES string of the molecule is CNC(=O)COc1ccc(C(C)CN(C)CC(OC)c2csc(C(F)(F)F)n2)cc1. The highest BCUT2D eigenvalue weighted by molar-refractivity contribution is 7.09. The summed E-state index contributed by atoms with van der Waals surface area (Å²) in [6, 6.07) is 7.48. The molecule has 1 amide bonds. The van der Waals surface area contributed by atoms with Gasteiger partial charge in [-0.2, -0.15) is 13.2 Å². The summed E-state index contributed by atoms with van der Waals surface area (Å²) >= 11 is 0.575. The lowest BCUT2D eigenvalue weighted by molar-refractivity contribution is -0.137. The number of hydrogen-bond donors (Lipinski definition) is 1. The van der Waals surface area contributed by atoms with Crippen molar-refractivity contribution in [2.75, 3.05) is 40.9 Å². The second-order valence-electron chi connectivity index (χ2n) is 6.95. The molecule has 0 saturated carbocycles. The molecule has 0 spiro atoms. The van der Waals surface area contributed by atoms with Crippen LogP contribution in [-0.2, 0) is 15.7 Å². The molecule has 0 aliphatic rings. The number of rotatable bonds is 10. The lowest BCUT2D eigenvalue weighted by Gasteiger charge is -2.25. The molecule has 30 heavy (non-hydrogen) atoms. The fourth-order valence-corrected chi connectivity index (χ4v) is 3.63. The molecule has 1 aromatic carbocycles. The maximum atomic E-state index is 12.8. The summed E-state index contributed by atoms with van der Waals surface area (Å²) in [5.74, 6) is 0.567. The highest BCUT2D eigenvalue weighted by Gasteiger charge is 2.35. The van der Waals surface area contributed by atoms with Crippen LogP contribution < -0.4 is 10.1 Å². The van der Waals surface area contributed by atoms with E-state index in [4.69, 9.17) is 9.47 Å². The van der Waals surface area contributed by atoms with Gasteiger partial charge in [-0.25, -0.2) is 4.98 Å². The molecule has 0 aliphatic heterocycles. The Hall–Kier alpha value is -2.17. The first-order chi connectivity index (χ1) is 14.1. The van der Waals surface area contributed by atoms with Crippen LogP contribution in [-0.4, -0.2) is 56.7 Å². The van der Waals surface area contributed by atoms with Gasteiger partial charge in [-0.1, -0.05) is 19.1 Å². The van der Waals surface area contributed by atoms with E-state index in [1.807, 2.05) is 24.1 Å². The summed E-state index contributed by atoms with van der Waals surface area (Å²) in [5.41, 5.74) is 1.36. The maximum absolute atomic E-state index is 12.8. The number of thiazole rings is 1. The Balaban J connectivity index is 1.91. The van der Waals surface area contributed by atoms with Gasteiger partial charge in [-0.05, 0) is 30.7 Å². The van der Waals surface area contributed by atoms with Gasteiger partial charge in [-0.15, -0.1) is 11.3 Å². The molecule has 1 heterocycles. The first-order valence-corrected chi connectivity index (χ1v) is 10.2. The molecule has 1 N–H and O–H groups in total. The third kappa shape index (κ3) is 6.96. The number of aromatic nitrogens is 1. The Labute approximate surface area is 178 Å². The van der Waals surface area contributed by atoms with Crippen LogP contribution >= 0.6 is 11.3 Å². The number of benzene rings is 1. The number of carbonyl (C=O) groups is 1. The van der Waals surface area contributed by atoms with E-state index < -0.39 is 17.3 Å². The molecule has 0 radical (unpaired) electrons. The second kappa shape index (κ2) is 10.7. The third-order valence-electron chi connectivity index (χ3n) is 4.54. The zero-order chi connectivity index (χ0) is 22.3. The fraction of sp³-hybridized carbons (Fsp3) is 0.500. The van der Waals surface area contributed by atoms with E-state index in [2.05, 4.69) is 17.2 Å². The fourth-order valence-electron chi connectivity index (χ4n) is 2.90. The van der Waals surface area contributed by atoms with Crippen molar-refractivity contribution in [2.45, 2.75) is 25.1 Å². The molecule has 6 nitrogen and oxygen atoms in total. The molecule has 10 heteroatoms. The van der Waals surface area contributed by atoms with Crippen LogP contribution in [0.4, 0.5) is 13.2 Å². The van der Waals surface area contributed by atoms with Gasteiger partial charge in [-0.3, -0.25) is 4.79 Å². The predicted octanol–water partition coefficient (Wildman–Crippen LogP) is 3.71. The Kier molecular flexibility index (Phi) is 8.63. The van der Waals surface area contributed by atoms with Crippen molar-refractivity contribution in [3.8, 4) is 5.75 Å². The number of hydrogen-bond acceptors (Lipinski definition) is 6. The van der Waals surface area contributed by atoms with Crippen LogP contribution in [0.25, 0.3) is 0 Å². The topological polar surface area (TPSA) is 63.7 Å². The van der Waals surface area contributed by atoms with E-state index in [1.165, 1.54) is 12.5 Å². The van der Waals surface area contributed by atoms with Crippen LogP contribution in [0.15, 0.2) is 29.6 Å². The zero-order valence-corrected chi connectivity index (χ0v) is 18.1. The van der Waals surface area contributed by atoms with Gasteiger partial charge in [0.2, 0.25) is 0 Å². The largest absolute Gasteiger partial charge is 0.484 e.